The van der Waals surface area contributed by atoms with E-state index in [9.17, 15) is 9.59 Å². The molecule has 1 aromatic carbocycles. The van der Waals surface area contributed by atoms with Crippen molar-refractivity contribution in [3.05, 3.63) is 61.1 Å². The lowest BCUT2D eigenvalue weighted by Gasteiger charge is -2.16. The minimum Gasteiger partial charge on any atom is -0.472 e. The number of hydrogen-bond donors (Lipinski definition) is 3. The summed E-state index contributed by atoms with van der Waals surface area (Å²) in [6, 6.07) is 8.27. The van der Waals surface area contributed by atoms with Gasteiger partial charge in [0, 0.05) is 17.4 Å². The summed E-state index contributed by atoms with van der Waals surface area (Å²) in [6.45, 7) is 5.68. The molecule has 0 radical (unpaired) electrons. The van der Waals surface area contributed by atoms with E-state index in [4.69, 9.17) is 4.42 Å². The summed E-state index contributed by atoms with van der Waals surface area (Å²) in [5.41, 5.74) is 1.60. The highest BCUT2D eigenvalue weighted by atomic mass is 16.3. The molecule has 3 N–H and O–H groups in total. The second-order valence-corrected chi connectivity index (χ2v) is 5.27. The van der Waals surface area contributed by atoms with Crippen LogP contribution in [-0.2, 0) is 0 Å². The van der Waals surface area contributed by atoms with E-state index >= 15 is 0 Å². The number of furan rings is 1. The van der Waals surface area contributed by atoms with Gasteiger partial charge in [0.25, 0.3) is 5.91 Å². The number of carbonyl (C=O) groups excluding carboxylic acids is 2. The summed E-state index contributed by atoms with van der Waals surface area (Å²) in [7, 11) is 0. The number of hydrogen-bond acceptors (Lipinski definition) is 3. The average Bonchev–Trinajstić information content (AvgIpc) is 3.09. The molecule has 1 atom stereocenters. The molecule has 24 heavy (non-hydrogen) atoms. The van der Waals surface area contributed by atoms with Gasteiger partial charge < -0.3 is 20.4 Å². The minimum absolute atomic E-state index is 0.0477. The normalized spacial score (nSPS) is 11.4. The summed E-state index contributed by atoms with van der Waals surface area (Å²) >= 11 is 0. The van der Waals surface area contributed by atoms with Crippen LogP contribution >= 0.6 is 0 Å². The topological polar surface area (TPSA) is 83.4 Å². The van der Waals surface area contributed by atoms with Crippen molar-refractivity contribution in [1.29, 1.82) is 0 Å². The highest BCUT2D eigenvalue weighted by Gasteiger charge is 2.10. The summed E-state index contributed by atoms with van der Waals surface area (Å²) < 4.78 is 4.88. The summed E-state index contributed by atoms with van der Waals surface area (Å²) in [5.74, 6) is -0.276. The Balaban J connectivity index is 1.96. The third-order valence-corrected chi connectivity index (χ3v) is 3.44. The first-order chi connectivity index (χ1) is 11.6. The quantitative estimate of drug-likeness (QED) is 0.672. The number of anilines is 2. The van der Waals surface area contributed by atoms with Gasteiger partial charge in [-0.15, -0.1) is 6.58 Å². The number of amides is 3. The van der Waals surface area contributed by atoms with E-state index in [-0.39, 0.29) is 18.0 Å². The molecule has 3 amide bonds. The third-order valence-electron chi connectivity index (χ3n) is 3.44. The predicted molar refractivity (Wildman–Crippen MR) is 94.2 cm³/mol. The fourth-order valence-electron chi connectivity index (χ4n) is 2.15. The number of rotatable bonds is 7. The standard InChI is InChI=1S/C18H21N3O3/c1-3-6-14(4-2)20-18(23)21-16-8-5-7-15(11-16)19-17(22)13-9-10-24-12-13/h3,5,7-12,14H,1,4,6H2,2H3,(H,19,22)(H2,20,21,23)/t14-/m0/s1. The molecule has 6 nitrogen and oxygen atoms in total. The minimum atomic E-state index is -0.290. The lowest BCUT2D eigenvalue weighted by atomic mass is 10.1. The second-order valence-electron chi connectivity index (χ2n) is 5.27. The Morgan fingerprint density at radius 3 is 2.62 bits per heavy atom. The van der Waals surface area contributed by atoms with Gasteiger partial charge in [-0.2, -0.15) is 0 Å². The largest absolute Gasteiger partial charge is 0.472 e. The highest BCUT2D eigenvalue weighted by molar-refractivity contribution is 6.04. The second kappa shape index (κ2) is 8.57. The van der Waals surface area contributed by atoms with Gasteiger partial charge in [-0.25, -0.2) is 4.79 Å². The molecule has 0 aliphatic heterocycles. The average molecular weight is 327 g/mol. The molecular formula is C18H21N3O3. The van der Waals surface area contributed by atoms with Crippen LogP contribution < -0.4 is 16.0 Å². The van der Waals surface area contributed by atoms with Gasteiger partial charge in [-0.1, -0.05) is 19.1 Å². The Morgan fingerprint density at radius 2 is 2.00 bits per heavy atom. The molecule has 1 heterocycles. The molecule has 0 saturated carbocycles. The van der Waals surface area contributed by atoms with E-state index in [1.807, 2.05) is 6.92 Å². The van der Waals surface area contributed by atoms with E-state index in [0.717, 1.165) is 6.42 Å². The molecule has 0 saturated heterocycles. The van der Waals surface area contributed by atoms with Gasteiger partial charge in [0.05, 0.1) is 11.8 Å². The third kappa shape index (κ3) is 5.01. The zero-order chi connectivity index (χ0) is 17.4. The molecule has 0 aliphatic carbocycles. The van der Waals surface area contributed by atoms with Crippen LogP contribution in [0.2, 0.25) is 0 Å². The molecular weight excluding hydrogens is 306 g/mol. The summed E-state index contributed by atoms with van der Waals surface area (Å²) in [4.78, 5) is 24.0. The van der Waals surface area contributed by atoms with Crippen molar-refractivity contribution in [2.75, 3.05) is 10.6 Å². The summed E-state index contributed by atoms with van der Waals surface area (Å²) in [5, 5.41) is 8.38. The van der Waals surface area contributed by atoms with Crippen LogP contribution in [0.3, 0.4) is 0 Å². The van der Waals surface area contributed by atoms with Crippen molar-refractivity contribution in [2.24, 2.45) is 0 Å². The van der Waals surface area contributed by atoms with Crippen molar-refractivity contribution >= 4 is 23.3 Å². The van der Waals surface area contributed by atoms with Crippen LogP contribution in [0.4, 0.5) is 16.2 Å². The lowest BCUT2D eigenvalue weighted by molar-refractivity contribution is 0.102. The van der Waals surface area contributed by atoms with Gasteiger partial charge in [-0.05, 0) is 37.1 Å². The van der Waals surface area contributed by atoms with Gasteiger partial charge in [0.2, 0.25) is 0 Å². The fraction of sp³-hybridized carbons (Fsp3) is 0.222. The van der Waals surface area contributed by atoms with Gasteiger partial charge in [0.15, 0.2) is 0 Å². The molecule has 1 aromatic heterocycles. The Hall–Kier alpha value is -3.02. The fourth-order valence-corrected chi connectivity index (χ4v) is 2.15. The molecule has 6 heteroatoms. The maximum Gasteiger partial charge on any atom is 0.319 e. The van der Waals surface area contributed by atoms with Crippen molar-refractivity contribution < 1.29 is 14.0 Å². The number of carbonyl (C=O) groups is 2. The number of nitrogens with one attached hydrogen (secondary N) is 3. The summed E-state index contributed by atoms with van der Waals surface area (Å²) in [6.07, 6.45) is 6.12. The number of urea groups is 1. The zero-order valence-corrected chi connectivity index (χ0v) is 13.5. The molecule has 126 valence electrons. The van der Waals surface area contributed by atoms with E-state index in [2.05, 4.69) is 22.5 Å². The maximum atomic E-state index is 12.0. The molecule has 2 rings (SSSR count). The first-order valence-corrected chi connectivity index (χ1v) is 7.74. The van der Waals surface area contributed by atoms with Crippen molar-refractivity contribution in [3.8, 4) is 0 Å². The number of benzene rings is 1. The Labute approximate surface area is 140 Å². The molecule has 0 bridgehead atoms. The molecule has 2 aromatic rings. The molecule has 0 aliphatic rings. The van der Waals surface area contributed by atoms with Gasteiger partial charge in [-0.3, -0.25) is 4.79 Å². The van der Waals surface area contributed by atoms with Crippen molar-refractivity contribution in [3.63, 3.8) is 0 Å². The van der Waals surface area contributed by atoms with Crippen molar-refractivity contribution in [2.45, 2.75) is 25.8 Å². The van der Waals surface area contributed by atoms with Crippen LogP contribution in [-0.4, -0.2) is 18.0 Å². The Kier molecular flexibility index (Phi) is 6.19. The first kappa shape index (κ1) is 17.3. The zero-order valence-electron chi connectivity index (χ0n) is 13.5. The van der Waals surface area contributed by atoms with Crippen LogP contribution in [0.5, 0.6) is 0 Å². The van der Waals surface area contributed by atoms with Gasteiger partial charge in [0.1, 0.15) is 6.26 Å². The smallest absolute Gasteiger partial charge is 0.319 e. The van der Waals surface area contributed by atoms with E-state index in [1.165, 1.54) is 12.5 Å². The molecule has 0 spiro atoms. The van der Waals surface area contributed by atoms with Crippen molar-refractivity contribution in [1.82, 2.24) is 5.32 Å². The highest BCUT2D eigenvalue weighted by Crippen LogP contribution is 2.16. The lowest BCUT2D eigenvalue weighted by Crippen LogP contribution is -2.37. The first-order valence-electron chi connectivity index (χ1n) is 7.74. The van der Waals surface area contributed by atoms with Gasteiger partial charge >= 0.3 is 6.03 Å². The Bertz CT molecular complexity index is 695. The van der Waals surface area contributed by atoms with Crippen LogP contribution in [0, 0.1) is 0 Å². The van der Waals surface area contributed by atoms with Crippen LogP contribution in [0.15, 0.2) is 59.9 Å². The van der Waals surface area contributed by atoms with Crippen LogP contribution in [0.25, 0.3) is 0 Å². The SMILES string of the molecule is C=CC[C@H](CC)NC(=O)Nc1cccc(NC(=O)c2ccoc2)c1. The van der Waals surface area contributed by atoms with E-state index in [1.54, 1.807) is 36.4 Å². The predicted octanol–water partition coefficient (Wildman–Crippen LogP) is 4.01. The monoisotopic (exact) mass is 327 g/mol. The van der Waals surface area contributed by atoms with Crippen LogP contribution in [0.1, 0.15) is 30.1 Å². The van der Waals surface area contributed by atoms with E-state index in [0.29, 0.717) is 23.4 Å². The molecule has 0 unspecified atom stereocenters. The Morgan fingerprint density at radius 1 is 1.25 bits per heavy atom. The molecule has 0 fully saturated rings. The maximum absolute atomic E-state index is 12.0. The van der Waals surface area contributed by atoms with E-state index < -0.39 is 0 Å².